The van der Waals surface area contributed by atoms with Gasteiger partial charge in [-0.15, -0.1) is 0 Å². The monoisotopic (exact) mass is 570 g/mol. The van der Waals surface area contributed by atoms with Crippen molar-refractivity contribution >= 4 is 27.6 Å². The molecule has 0 saturated carbocycles. The number of sulfonamides is 1. The van der Waals surface area contributed by atoms with Crippen molar-refractivity contribution in [2.45, 2.75) is 30.1 Å². The average molecular weight is 571 g/mol. The minimum Gasteiger partial charge on any atom is -0.366 e. The number of hydrogen-bond acceptors (Lipinski definition) is 5. The van der Waals surface area contributed by atoms with Crippen LogP contribution in [0.5, 0.6) is 0 Å². The van der Waals surface area contributed by atoms with Crippen molar-refractivity contribution in [3.8, 4) is 11.4 Å². The van der Waals surface area contributed by atoms with E-state index in [1.54, 1.807) is 0 Å². The van der Waals surface area contributed by atoms with Crippen molar-refractivity contribution in [1.29, 1.82) is 0 Å². The highest BCUT2D eigenvalue weighted by Crippen LogP contribution is 2.38. The van der Waals surface area contributed by atoms with Crippen LogP contribution in [0.1, 0.15) is 35.2 Å². The van der Waals surface area contributed by atoms with Crippen LogP contribution >= 0.6 is 0 Å². The molecular formula is C25H20F6N4O3S. The Hall–Kier alpha value is -3.78. The number of hydrogen-bond donors (Lipinski definition) is 1. The Morgan fingerprint density at radius 2 is 1.54 bits per heavy atom. The van der Waals surface area contributed by atoms with Crippen LogP contribution < -0.4 is 5.73 Å². The number of amides is 1. The van der Waals surface area contributed by atoms with Crippen LogP contribution in [0.4, 0.5) is 26.3 Å². The number of nitrogens with two attached hydrogens (primary N) is 1. The van der Waals surface area contributed by atoms with Crippen LogP contribution in [-0.2, 0) is 27.2 Å². The Labute approximate surface area is 219 Å². The van der Waals surface area contributed by atoms with Crippen molar-refractivity contribution in [1.82, 2.24) is 14.3 Å². The molecule has 0 bridgehead atoms. The van der Waals surface area contributed by atoms with Crippen molar-refractivity contribution in [2.75, 3.05) is 13.1 Å². The molecule has 1 fully saturated rings. The van der Waals surface area contributed by atoms with Crippen LogP contribution in [0.15, 0.2) is 59.6 Å². The zero-order valence-electron chi connectivity index (χ0n) is 19.9. The summed E-state index contributed by atoms with van der Waals surface area (Å²) in [5.41, 5.74) is 1.78. The van der Waals surface area contributed by atoms with Gasteiger partial charge in [0.15, 0.2) is 5.82 Å². The zero-order valence-corrected chi connectivity index (χ0v) is 20.7. The summed E-state index contributed by atoms with van der Waals surface area (Å²) < 4.78 is 107. The van der Waals surface area contributed by atoms with Crippen molar-refractivity contribution in [3.05, 3.63) is 77.1 Å². The van der Waals surface area contributed by atoms with Gasteiger partial charge in [-0.25, -0.2) is 18.4 Å². The van der Waals surface area contributed by atoms with E-state index in [1.807, 2.05) is 0 Å². The molecule has 7 nitrogen and oxygen atoms in total. The van der Waals surface area contributed by atoms with E-state index in [2.05, 4.69) is 9.97 Å². The summed E-state index contributed by atoms with van der Waals surface area (Å²) in [5, 5.41) is 0. The molecule has 206 valence electrons. The predicted octanol–water partition coefficient (Wildman–Crippen LogP) is 4.99. The molecule has 2 aromatic carbocycles. The third-order valence-corrected chi connectivity index (χ3v) is 7.82. The minimum atomic E-state index is -5.06. The summed E-state index contributed by atoms with van der Waals surface area (Å²) in [6, 6.07) is 7.70. The Balaban J connectivity index is 1.77. The SMILES string of the molecule is NC(=O)/C(=C/c1ccnc(-c2cc(C(F)(F)F)cc(C(F)(F)F)c2)n1)c1cccc(S(=O)(=O)N2CCCC2)c1. The molecule has 0 atom stereocenters. The zero-order chi connectivity index (χ0) is 28.6. The Morgan fingerprint density at radius 1 is 0.923 bits per heavy atom. The van der Waals surface area contributed by atoms with Gasteiger partial charge >= 0.3 is 12.4 Å². The van der Waals surface area contributed by atoms with E-state index in [0.717, 1.165) is 25.1 Å². The highest BCUT2D eigenvalue weighted by molar-refractivity contribution is 7.89. The van der Waals surface area contributed by atoms with Crippen LogP contribution in [0.3, 0.4) is 0 Å². The number of aromatic nitrogens is 2. The number of rotatable bonds is 6. The van der Waals surface area contributed by atoms with Gasteiger partial charge in [-0.1, -0.05) is 12.1 Å². The second kappa shape index (κ2) is 10.4. The third-order valence-electron chi connectivity index (χ3n) is 5.93. The van der Waals surface area contributed by atoms with Gasteiger partial charge in [0, 0.05) is 30.4 Å². The fraction of sp³-hybridized carbons (Fsp3) is 0.240. The van der Waals surface area contributed by atoms with E-state index >= 15 is 0 Å². The summed E-state index contributed by atoms with van der Waals surface area (Å²) in [5.74, 6) is -1.43. The molecule has 39 heavy (non-hydrogen) atoms. The molecule has 0 spiro atoms. The van der Waals surface area contributed by atoms with Gasteiger partial charge in [-0.2, -0.15) is 30.6 Å². The van der Waals surface area contributed by atoms with Gasteiger partial charge in [-0.3, -0.25) is 4.79 Å². The van der Waals surface area contributed by atoms with E-state index in [4.69, 9.17) is 5.73 Å². The third kappa shape index (κ3) is 6.28. The van der Waals surface area contributed by atoms with Crippen LogP contribution in [0.2, 0.25) is 0 Å². The number of benzene rings is 2. The lowest BCUT2D eigenvalue weighted by atomic mass is 10.0. The maximum absolute atomic E-state index is 13.3. The smallest absolute Gasteiger partial charge is 0.366 e. The first-order valence-electron chi connectivity index (χ1n) is 11.4. The largest absolute Gasteiger partial charge is 0.416 e. The maximum Gasteiger partial charge on any atom is 0.416 e. The topological polar surface area (TPSA) is 106 Å². The summed E-state index contributed by atoms with van der Waals surface area (Å²) in [7, 11) is -3.82. The molecule has 3 aromatic rings. The Kier molecular flexibility index (Phi) is 7.54. The molecule has 1 saturated heterocycles. The Bertz CT molecular complexity index is 1510. The summed E-state index contributed by atoms with van der Waals surface area (Å²) >= 11 is 0. The van der Waals surface area contributed by atoms with Gasteiger partial charge < -0.3 is 5.73 Å². The Morgan fingerprint density at radius 3 is 2.10 bits per heavy atom. The maximum atomic E-state index is 13.3. The number of halogens is 6. The molecule has 1 amide bonds. The molecular weight excluding hydrogens is 550 g/mol. The van der Waals surface area contributed by atoms with E-state index in [-0.39, 0.29) is 27.8 Å². The number of alkyl halides is 6. The normalized spacial score (nSPS) is 15.5. The average Bonchev–Trinajstić information content (AvgIpc) is 3.42. The first-order valence-corrected chi connectivity index (χ1v) is 12.9. The van der Waals surface area contributed by atoms with Crippen LogP contribution in [0, 0.1) is 0 Å². The number of primary amides is 1. The summed E-state index contributed by atoms with van der Waals surface area (Å²) in [6.07, 6.45) is -6.45. The first kappa shape index (κ1) is 28.2. The predicted molar refractivity (Wildman–Crippen MR) is 129 cm³/mol. The second-order valence-corrected chi connectivity index (χ2v) is 10.6. The summed E-state index contributed by atoms with van der Waals surface area (Å²) in [4.78, 5) is 20.0. The van der Waals surface area contributed by atoms with E-state index < -0.39 is 50.8 Å². The lowest BCUT2D eigenvalue weighted by Crippen LogP contribution is -2.28. The van der Waals surface area contributed by atoms with Gasteiger partial charge in [-0.05, 0) is 60.9 Å². The molecule has 0 unspecified atom stereocenters. The van der Waals surface area contributed by atoms with Gasteiger partial charge in [0.1, 0.15) is 0 Å². The van der Waals surface area contributed by atoms with Gasteiger partial charge in [0.25, 0.3) is 0 Å². The number of nitrogens with zero attached hydrogens (tertiary/aromatic N) is 3. The molecule has 1 aliphatic rings. The second-order valence-electron chi connectivity index (χ2n) is 8.66. The number of carbonyl (C=O) groups is 1. The molecule has 1 aliphatic heterocycles. The molecule has 2 heterocycles. The van der Waals surface area contributed by atoms with Crippen LogP contribution in [0.25, 0.3) is 23.0 Å². The van der Waals surface area contributed by atoms with E-state index in [0.29, 0.717) is 25.2 Å². The van der Waals surface area contributed by atoms with E-state index in [9.17, 15) is 39.6 Å². The molecule has 4 rings (SSSR count). The molecule has 0 aliphatic carbocycles. The molecule has 1 aromatic heterocycles. The van der Waals surface area contributed by atoms with Crippen LogP contribution in [-0.4, -0.2) is 41.7 Å². The van der Waals surface area contributed by atoms with E-state index in [1.165, 1.54) is 34.6 Å². The van der Waals surface area contributed by atoms with Crippen molar-refractivity contribution in [2.24, 2.45) is 5.73 Å². The number of carbonyl (C=O) groups excluding carboxylic acids is 1. The van der Waals surface area contributed by atoms with Crippen molar-refractivity contribution in [3.63, 3.8) is 0 Å². The molecule has 0 radical (unpaired) electrons. The summed E-state index contributed by atoms with van der Waals surface area (Å²) in [6.45, 7) is 0.723. The first-order chi connectivity index (χ1) is 18.2. The highest BCUT2D eigenvalue weighted by atomic mass is 32.2. The molecule has 2 N–H and O–H groups in total. The highest BCUT2D eigenvalue weighted by Gasteiger charge is 2.37. The minimum absolute atomic E-state index is 0.0123. The quantitative estimate of drug-likeness (QED) is 0.332. The lowest BCUT2D eigenvalue weighted by molar-refractivity contribution is -0.143. The lowest BCUT2D eigenvalue weighted by Gasteiger charge is -2.16. The fourth-order valence-electron chi connectivity index (χ4n) is 4.02. The fourth-order valence-corrected chi connectivity index (χ4v) is 5.59. The van der Waals surface area contributed by atoms with Crippen molar-refractivity contribution < 1.29 is 39.6 Å². The standard InChI is InChI=1S/C25H20F6N4O3S/c26-24(27,28)17-10-16(11-18(13-17)25(29,30)31)23-33-7-6-19(34-23)14-21(22(32)36)15-4-3-5-20(12-15)39(37,38)35-8-1-2-9-35/h3-7,10-14H,1-2,8-9H2,(H2,32,36)/b21-14+. The molecule has 14 heteroatoms. The van der Waals surface area contributed by atoms with Gasteiger partial charge in [0.2, 0.25) is 15.9 Å². The van der Waals surface area contributed by atoms with Gasteiger partial charge in [0.05, 0.1) is 21.7 Å².